The van der Waals surface area contributed by atoms with E-state index in [0.717, 1.165) is 16.3 Å². The van der Waals surface area contributed by atoms with Gasteiger partial charge in [0.25, 0.3) is 0 Å². The standard InChI is InChI=1S/C10H9ClN2OS/c1-2-14-8-5-3-7(4-6-8)9-12-10(11)13-15-9/h3-6H,2H2,1H3. The normalized spacial score (nSPS) is 10.3. The first kappa shape index (κ1) is 10.4. The summed E-state index contributed by atoms with van der Waals surface area (Å²) in [5.74, 6) is 0.858. The van der Waals surface area contributed by atoms with E-state index in [-0.39, 0.29) is 0 Å². The molecule has 0 N–H and O–H groups in total. The minimum Gasteiger partial charge on any atom is -0.494 e. The zero-order chi connectivity index (χ0) is 10.7. The van der Waals surface area contributed by atoms with Crippen molar-refractivity contribution in [1.29, 1.82) is 0 Å². The van der Waals surface area contributed by atoms with Crippen LogP contribution in [0.1, 0.15) is 6.92 Å². The first-order valence-electron chi connectivity index (χ1n) is 4.52. The van der Waals surface area contributed by atoms with Gasteiger partial charge in [0.15, 0.2) is 0 Å². The zero-order valence-electron chi connectivity index (χ0n) is 8.11. The highest BCUT2D eigenvalue weighted by Gasteiger charge is 2.04. The van der Waals surface area contributed by atoms with Crippen LogP contribution in [0.5, 0.6) is 5.75 Å². The van der Waals surface area contributed by atoms with Gasteiger partial charge in [-0.25, -0.2) is 4.98 Å². The molecule has 1 heterocycles. The highest BCUT2D eigenvalue weighted by molar-refractivity contribution is 7.09. The molecule has 0 aliphatic heterocycles. The van der Waals surface area contributed by atoms with E-state index in [1.165, 1.54) is 11.5 Å². The van der Waals surface area contributed by atoms with Crippen molar-refractivity contribution in [1.82, 2.24) is 9.36 Å². The summed E-state index contributed by atoms with van der Waals surface area (Å²) >= 11 is 6.94. The maximum absolute atomic E-state index is 5.65. The lowest BCUT2D eigenvalue weighted by atomic mass is 10.2. The third-order valence-corrected chi connectivity index (χ3v) is 2.85. The topological polar surface area (TPSA) is 35.0 Å². The van der Waals surface area contributed by atoms with Gasteiger partial charge in [-0.1, -0.05) is 0 Å². The van der Waals surface area contributed by atoms with Crippen molar-refractivity contribution in [3.63, 3.8) is 0 Å². The van der Waals surface area contributed by atoms with E-state index in [1.54, 1.807) is 0 Å². The van der Waals surface area contributed by atoms with Gasteiger partial charge in [0.2, 0.25) is 5.28 Å². The second-order valence-electron chi connectivity index (χ2n) is 2.83. The van der Waals surface area contributed by atoms with Gasteiger partial charge in [-0.05, 0) is 54.3 Å². The molecule has 3 nitrogen and oxygen atoms in total. The minimum absolute atomic E-state index is 0.295. The summed E-state index contributed by atoms with van der Waals surface area (Å²) in [4.78, 5) is 4.09. The number of hydrogen-bond donors (Lipinski definition) is 0. The van der Waals surface area contributed by atoms with E-state index in [9.17, 15) is 0 Å². The van der Waals surface area contributed by atoms with Crippen LogP contribution in [0.2, 0.25) is 5.28 Å². The maximum Gasteiger partial charge on any atom is 0.234 e. The lowest BCUT2D eigenvalue weighted by Crippen LogP contribution is -1.90. The van der Waals surface area contributed by atoms with E-state index in [4.69, 9.17) is 16.3 Å². The van der Waals surface area contributed by atoms with Gasteiger partial charge in [0.1, 0.15) is 10.8 Å². The van der Waals surface area contributed by atoms with Crippen molar-refractivity contribution in [2.75, 3.05) is 6.61 Å². The van der Waals surface area contributed by atoms with Gasteiger partial charge in [-0.3, -0.25) is 0 Å². The summed E-state index contributed by atoms with van der Waals surface area (Å²) in [6.07, 6.45) is 0. The van der Waals surface area contributed by atoms with Crippen LogP contribution in [0.4, 0.5) is 0 Å². The first-order chi connectivity index (χ1) is 7.29. The molecule has 1 aromatic heterocycles. The quantitative estimate of drug-likeness (QED) is 0.826. The van der Waals surface area contributed by atoms with Crippen molar-refractivity contribution >= 4 is 23.1 Å². The van der Waals surface area contributed by atoms with Crippen molar-refractivity contribution < 1.29 is 4.74 Å². The molecule has 0 aliphatic rings. The summed E-state index contributed by atoms with van der Waals surface area (Å²) in [5, 5.41) is 1.12. The van der Waals surface area contributed by atoms with Gasteiger partial charge >= 0.3 is 0 Å². The second-order valence-corrected chi connectivity index (χ2v) is 3.92. The van der Waals surface area contributed by atoms with E-state index in [1.807, 2.05) is 31.2 Å². The average Bonchev–Trinajstić information content (AvgIpc) is 2.67. The Morgan fingerprint density at radius 1 is 1.33 bits per heavy atom. The molecule has 0 saturated heterocycles. The lowest BCUT2D eigenvalue weighted by Gasteiger charge is -2.02. The summed E-state index contributed by atoms with van der Waals surface area (Å²) in [6, 6.07) is 7.71. The Kier molecular flexibility index (Phi) is 3.18. The fraction of sp³-hybridized carbons (Fsp3) is 0.200. The number of ether oxygens (including phenoxy) is 1. The van der Waals surface area contributed by atoms with Gasteiger partial charge < -0.3 is 4.74 Å². The Morgan fingerprint density at radius 3 is 2.60 bits per heavy atom. The van der Waals surface area contributed by atoms with Gasteiger partial charge in [-0.15, -0.1) is 0 Å². The minimum atomic E-state index is 0.295. The summed E-state index contributed by atoms with van der Waals surface area (Å²) in [5.41, 5.74) is 1.00. The molecule has 0 fully saturated rings. The van der Waals surface area contributed by atoms with Crippen molar-refractivity contribution in [2.24, 2.45) is 0 Å². The Balaban J connectivity index is 2.23. The van der Waals surface area contributed by atoms with Crippen LogP contribution < -0.4 is 4.74 Å². The number of benzene rings is 1. The molecule has 0 unspecified atom stereocenters. The number of aromatic nitrogens is 2. The van der Waals surface area contributed by atoms with Crippen molar-refractivity contribution in [3.05, 3.63) is 29.5 Å². The van der Waals surface area contributed by atoms with Crippen LogP contribution >= 0.6 is 23.1 Å². The second kappa shape index (κ2) is 4.59. The van der Waals surface area contributed by atoms with Gasteiger partial charge in [0, 0.05) is 5.56 Å². The Hall–Kier alpha value is -1.13. The summed E-state index contributed by atoms with van der Waals surface area (Å²) in [7, 11) is 0. The molecule has 1 aromatic carbocycles. The molecule has 0 radical (unpaired) electrons. The maximum atomic E-state index is 5.65. The van der Waals surface area contributed by atoms with E-state index in [0.29, 0.717) is 11.9 Å². The zero-order valence-corrected chi connectivity index (χ0v) is 9.68. The molecule has 0 saturated carbocycles. The lowest BCUT2D eigenvalue weighted by molar-refractivity contribution is 0.340. The molecule has 0 aliphatic carbocycles. The molecule has 15 heavy (non-hydrogen) atoms. The monoisotopic (exact) mass is 240 g/mol. The molecule has 2 aromatic rings. The number of rotatable bonds is 3. The molecule has 0 amide bonds. The summed E-state index contributed by atoms with van der Waals surface area (Å²) < 4.78 is 9.26. The van der Waals surface area contributed by atoms with Crippen LogP contribution in [0.15, 0.2) is 24.3 Å². The molecule has 0 spiro atoms. The van der Waals surface area contributed by atoms with Crippen LogP contribution in [0, 0.1) is 0 Å². The number of hydrogen-bond acceptors (Lipinski definition) is 4. The van der Waals surface area contributed by atoms with Gasteiger partial charge in [-0.2, -0.15) is 4.37 Å². The van der Waals surface area contributed by atoms with Crippen molar-refractivity contribution in [3.8, 4) is 16.3 Å². The fourth-order valence-corrected chi connectivity index (χ4v) is 1.99. The third-order valence-electron chi connectivity index (χ3n) is 1.81. The van der Waals surface area contributed by atoms with Gasteiger partial charge in [0.05, 0.1) is 6.61 Å². The predicted molar refractivity (Wildman–Crippen MR) is 61.5 cm³/mol. The largest absolute Gasteiger partial charge is 0.494 e. The number of nitrogens with zero attached hydrogens (tertiary/aromatic N) is 2. The smallest absolute Gasteiger partial charge is 0.234 e. The van der Waals surface area contributed by atoms with Crippen LogP contribution in [0.25, 0.3) is 10.6 Å². The van der Waals surface area contributed by atoms with Crippen LogP contribution in [0.3, 0.4) is 0 Å². The van der Waals surface area contributed by atoms with E-state index < -0.39 is 0 Å². The molecular formula is C10H9ClN2OS. The third kappa shape index (κ3) is 2.46. The highest BCUT2D eigenvalue weighted by atomic mass is 35.5. The van der Waals surface area contributed by atoms with E-state index >= 15 is 0 Å². The van der Waals surface area contributed by atoms with E-state index in [2.05, 4.69) is 9.36 Å². The Morgan fingerprint density at radius 2 is 2.07 bits per heavy atom. The molecule has 2 rings (SSSR count). The SMILES string of the molecule is CCOc1ccc(-c2nc(Cl)ns2)cc1. The average molecular weight is 241 g/mol. The Labute approximate surface area is 96.9 Å². The molecule has 5 heteroatoms. The number of halogens is 1. The van der Waals surface area contributed by atoms with Crippen LogP contribution in [-0.4, -0.2) is 16.0 Å². The highest BCUT2D eigenvalue weighted by Crippen LogP contribution is 2.24. The fourth-order valence-electron chi connectivity index (χ4n) is 1.18. The van der Waals surface area contributed by atoms with Crippen molar-refractivity contribution in [2.45, 2.75) is 6.92 Å². The molecular weight excluding hydrogens is 232 g/mol. The first-order valence-corrected chi connectivity index (χ1v) is 5.67. The summed E-state index contributed by atoms with van der Waals surface area (Å²) in [6.45, 7) is 2.63. The molecule has 0 atom stereocenters. The van der Waals surface area contributed by atoms with Crippen LogP contribution in [-0.2, 0) is 0 Å². The Bertz CT molecular complexity index is 441. The predicted octanol–water partition coefficient (Wildman–Crippen LogP) is 3.26. The molecule has 0 bridgehead atoms. The molecule has 78 valence electrons.